The van der Waals surface area contributed by atoms with Crippen molar-refractivity contribution >= 4 is 27.7 Å². The highest BCUT2D eigenvalue weighted by atomic mass is 79.9. The van der Waals surface area contributed by atoms with Crippen LogP contribution in [-0.4, -0.2) is 18.6 Å². The lowest BCUT2D eigenvalue weighted by Gasteiger charge is -2.11. The minimum absolute atomic E-state index is 0.743. The Morgan fingerprint density at radius 3 is 2.93 bits per heavy atom. The molecule has 0 aliphatic heterocycles. The molecule has 0 fully saturated rings. The first kappa shape index (κ1) is 13.1. The average molecular weight is 288 g/mol. The van der Waals surface area contributed by atoms with E-state index in [9.17, 15) is 0 Å². The minimum atomic E-state index is 0.743. The Morgan fingerprint density at radius 1 is 1.47 bits per heavy atom. The maximum atomic E-state index is 3.48. The Labute approximate surface area is 105 Å². The number of rotatable bonds is 6. The quantitative estimate of drug-likeness (QED) is 0.859. The van der Waals surface area contributed by atoms with Crippen LogP contribution >= 0.6 is 27.7 Å². The van der Waals surface area contributed by atoms with Gasteiger partial charge in [0, 0.05) is 11.0 Å². The third-order valence-electron chi connectivity index (χ3n) is 2.16. The second-order valence-electron chi connectivity index (χ2n) is 3.82. The Morgan fingerprint density at radius 2 is 2.27 bits per heavy atom. The van der Waals surface area contributed by atoms with Crippen LogP contribution in [0.5, 0.6) is 0 Å². The van der Waals surface area contributed by atoms with Crippen molar-refractivity contribution in [1.82, 2.24) is 5.32 Å². The van der Waals surface area contributed by atoms with Gasteiger partial charge in [-0.1, -0.05) is 35.0 Å². The average Bonchev–Trinajstić information content (AvgIpc) is 2.18. The molecule has 0 saturated carbocycles. The summed E-state index contributed by atoms with van der Waals surface area (Å²) in [6, 6.07) is 8.44. The van der Waals surface area contributed by atoms with Crippen LogP contribution in [0.2, 0.25) is 0 Å². The fourth-order valence-corrected chi connectivity index (χ4v) is 2.59. The van der Waals surface area contributed by atoms with Gasteiger partial charge >= 0.3 is 0 Å². The van der Waals surface area contributed by atoms with E-state index in [-0.39, 0.29) is 0 Å². The van der Waals surface area contributed by atoms with Crippen LogP contribution < -0.4 is 5.32 Å². The molecular weight excluding hydrogens is 270 g/mol. The second kappa shape index (κ2) is 7.31. The maximum Gasteiger partial charge on any atom is 0.0206 e. The van der Waals surface area contributed by atoms with Gasteiger partial charge in [0.15, 0.2) is 0 Å². The van der Waals surface area contributed by atoms with E-state index in [1.165, 1.54) is 11.3 Å². The van der Waals surface area contributed by atoms with Crippen molar-refractivity contribution in [2.24, 2.45) is 5.92 Å². The molecule has 0 aliphatic rings. The van der Waals surface area contributed by atoms with E-state index in [1.807, 2.05) is 11.8 Å². The molecular formula is C12H18BrNS. The van der Waals surface area contributed by atoms with E-state index >= 15 is 0 Å². The van der Waals surface area contributed by atoms with E-state index < -0.39 is 0 Å². The van der Waals surface area contributed by atoms with E-state index in [4.69, 9.17) is 0 Å². The van der Waals surface area contributed by atoms with Gasteiger partial charge < -0.3 is 5.32 Å². The fourth-order valence-electron chi connectivity index (χ4n) is 1.45. The van der Waals surface area contributed by atoms with Gasteiger partial charge in [-0.25, -0.2) is 0 Å². The van der Waals surface area contributed by atoms with Crippen LogP contribution in [0.3, 0.4) is 0 Å². The summed E-state index contributed by atoms with van der Waals surface area (Å²) in [5.74, 6) is 1.97. The predicted molar refractivity (Wildman–Crippen MR) is 73.4 cm³/mol. The van der Waals surface area contributed by atoms with Crippen LogP contribution in [0.1, 0.15) is 12.5 Å². The van der Waals surface area contributed by atoms with Crippen molar-refractivity contribution in [2.45, 2.75) is 13.5 Å². The zero-order chi connectivity index (χ0) is 11.1. The number of hydrogen-bond donors (Lipinski definition) is 1. The number of hydrogen-bond acceptors (Lipinski definition) is 2. The third kappa shape index (κ3) is 5.59. The first-order chi connectivity index (χ1) is 7.22. The summed E-state index contributed by atoms with van der Waals surface area (Å²) in [7, 11) is 0. The van der Waals surface area contributed by atoms with Gasteiger partial charge in [0.25, 0.3) is 0 Å². The topological polar surface area (TPSA) is 12.0 Å². The molecule has 1 N–H and O–H groups in total. The number of benzene rings is 1. The smallest absolute Gasteiger partial charge is 0.0206 e. The summed E-state index contributed by atoms with van der Waals surface area (Å²) in [4.78, 5) is 0. The van der Waals surface area contributed by atoms with Crippen LogP contribution in [0.15, 0.2) is 28.7 Å². The molecule has 0 amide bonds. The van der Waals surface area contributed by atoms with Gasteiger partial charge in [-0.2, -0.15) is 11.8 Å². The van der Waals surface area contributed by atoms with Crippen LogP contribution in [0.4, 0.5) is 0 Å². The standard InChI is InChI=1S/C12H18BrNS/c1-10(9-15-2)7-14-8-11-4-3-5-12(13)6-11/h3-6,10,14H,7-9H2,1-2H3. The highest BCUT2D eigenvalue weighted by Crippen LogP contribution is 2.11. The lowest BCUT2D eigenvalue weighted by atomic mass is 10.2. The van der Waals surface area contributed by atoms with Crippen LogP contribution in [0.25, 0.3) is 0 Å². The molecule has 3 heteroatoms. The molecule has 0 bridgehead atoms. The van der Waals surface area contributed by atoms with E-state index in [0.29, 0.717) is 0 Å². The molecule has 84 valence electrons. The highest BCUT2D eigenvalue weighted by molar-refractivity contribution is 9.10. The molecule has 0 radical (unpaired) electrons. The molecule has 0 spiro atoms. The summed E-state index contributed by atoms with van der Waals surface area (Å²) in [6.45, 7) is 4.33. The maximum absolute atomic E-state index is 3.48. The van der Waals surface area contributed by atoms with Crippen LogP contribution in [0, 0.1) is 5.92 Å². The highest BCUT2D eigenvalue weighted by Gasteiger charge is 2.00. The normalized spacial score (nSPS) is 12.7. The molecule has 1 aromatic carbocycles. The lowest BCUT2D eigenvalue weighted by molar-refractivity contribution is 0.559. The number of thioether (sulfide) groups is 1. The zero-order valence-electron chi connectivity index (χ0n) is 9.29. The van der Waals surface area contributed by atoms with Crippen molar-refractivity contribution in [3.8, 4) is 0 Å². The molecule has 1 nitrogen and oxygen atoms in total. The summed E-state index contributed by atoms with van der Waals surface area (Å²) in [6.07, 6.45) is 2.16. The fraction of sp³-hybridized carbons (Fsp3) is 0.500. The molecule has 0 aliphatic carbocycles. The SMILES string of the molecule is CSCC(C)CNCc1cccc(Br)c1. The van der Waals surface area contributed by atoms with Gasteiger partial charge in [0.05, 0.1) is 0 Å². The minimum Gasteiger partial charge on any atom is -0.312 e. The van der Waals surface area contributed by atoms with Gasteiger partial charge in [-0.3, -0.25) is 0 Å². The van der Waals surface area contributed by atoms with Gasteiger partial charge in [-0.15, -0.1) is 0 Å². The Hall–Kier alpha value is 0.01000. The first-order valence-electron chi connectivity index (χ1n) is 5.16. The van der Waals surface area contributed by atoms with Gasteiger partial charge in [0.1, 0.15) is 0 Å². The zero-order valence-corrected chi connectivity index (χ0v) is 11.7. The summed E-state index contributed by atoms with van der Waals surface area (Å²) in [5.41, 5.74) is 1.33. The Bertz CT molecular complexity index is 291. The largest absolute Gasteiger partial charge is 0.312 e. The van der Waals surface area contributed by atoms with Crippen molar-refractivity contribution in [2.75, 3.05) is 18.6 Å². The summed E-state index contributed by atoms with van der Waals surface area (Å²) >= 11 is 5.39. The summed E-state index contributed by atoms with van der Waals surface area (Å²) < 4.78 is 1.15. The van der Waals surface area contributed by atoms with Gasteiger partial charge in [-0.05, 0) is 42.2 Å². The van der Waals surface area contributed by atoms with Gasteiger partial charge in [0.2, 0.25) is 0 Å². The predicted octanol–water partition coefficient (Wildman–Crippen LogP) is 3.54. The molecule has 1 unspecified atom stereocenters. The van der Waals surface area contributed by atoms with Crippen molar-refractivity contribution in [3.63, 3.8) is 0 Å². The molecule has 0 saturated heterocycles. The Kier molecular flexibility index (Phi) is 6.37. The van der Waals surface area contributed by atoms with E-state index in [1.54, 1.807) is 0 Å². The molecule has 1 aromatic rings. The Balaban J connectivity index is 2.25. The van der Waals surface area contributed by atoms with Crippen molar-refractivity contribution in [3.05, 3.63) is 34.3 Å². The third-order valence-corrected chi connectivity index (χ3v) is 3.56. The molecule has 1 atom stereocenters. The van der Waals surface area contributed by atoms with Crippen molar-refractivity contribution < 1.29 is 0 Å². The van der Waals surface area contributed by atoms with Crippen molar-refractivity contribution in [1.29, 1.82) is 0 Å². The second-order valence-corrected chi connectivity index (χ2v) is 5.65. The molecule has 15 heavy (non-hydrogen) atoms. The van der Waals surface area contributed by atoms with E-state index in [2.05, 4.69) is 58.7 Å². The molecule has 0 heterocycles. The summed E-state index contributed by atoms with van der Waals surface area (Å²) in [5, 5.41) is 3.48. The number of halogens is 1. The first-order valence-corrected chi connectivity index (χ1v) is 7.35. The number of nitrogens with one attached hydrogen (secondary N) is 1. The van der Waals surface area contributed by atoms with Crippen LogP contribution in [-0.2, 0) is 6.54 Å². The lowest BCUT2D eigenvalue weighted by Crippen LogP contribution is -2.21. The van der Waals surface area contributed by atoms with E-state index in [0.717, 1.165) is 23.5 Å². The molecule has 0 aromatic heterocycles. The monoisotopic (exact) mass is 287 g/mol. The molecule has 1 rings (SSSR count).